The molecule has 7 nitrogen and oxygen atoms in total. The summed E-state index contributed by atoms with van der Waals surface area (Å²) in [6.45, 7) is 4.34. The number of allylic oxidation sites excluding steroid dienone is 3. The van der Waals surface area contributed by atoms with E-state index in [4.69, 9.17) is 17.0 Å². The Bertz CT molecular complexity index is 1200. The van der Waals surface area contributed by atoms with E-state index in [1.807, 2.05) is 29.2 Å². The number of H-pyrrole nitrogens is 1. The molecule has 0 spiro atoms. The molecule has 196 valence electrons. The smallest absolute Gasteiger partial charge is 0.238 e. The van der Waals surface area contributed by atoms with Crippen molar-refractivity contribution in [2.45, 2.75) is 36.9 Å². The number of fused-ring (bicyclic) bond motifs is 1. The van der Waals surface area contributed by atoms with Crippen LogP contribution < -0.4 is 0 Å². The van der Waals surface area contributed by atoms with Crippen LogP contribution in [0.1, 0.15) is 35.2 Å². The van der Waals surface area contributed by atoms with Gasteiger partial charge in [0.1, 0.15) is 5.84 Å². The molecule has 2 aromatic rings. The minimum Gasteiger partial charge on any atom is -0.356 e. The summed E-state index contributed by atoms with van der Waals surface area (Å²) >= 11 is 7.80. The van der Waals surface area contributed by atoms with Gasteiger partial charge in [-0.3, -0.25) is 10.2 Å². The van der Waals surface area contributed by atoms with E-state index >= 15 is 0 Å². The molecule has 1 aliphatic carbocycles. The van der Waals surface area contributed by atoms with Crippen LogP contribution in [-0.2, 0) is 17.8 Å². The predicted octanol–water partition coefficient (Wildman–Crippen LogP) is 4.41. The lowest BCUT2D eigenvalue weighted by atomic mass is 10.0. The molecule has 3 heterocycles. The summed E-state index contributed by atoms with van der Waals surface area (Å²) in [4.78, 5) is 22.8. The summed E-state index contributed by atoms with van der Waals surface area (Å²) in [6.07, 6.45) is 8.97. The summed E-state index contributed by atoms with van der Waals surface area (Å²) in [7, 11) is 4.27. The van der Waals surface area contributed by atoms with Crippen LogP contribution in [0, 0.1) is 5.41 Å². The molecule has 0 radical (unpaired) electrons. The second-order valence-electron chi connectivity index (χ2n) is 10.2. The molecule has 5 rings (SSSR count). The van der Waals surface area contributed by atoms with E-state index in [9.17, 15) is 4.79 Å². The number of piperazine rings is 1. The molecule has 1 aromatic carbocycles. The average molecular weight is 539 g/mol. The van der Waals surface area contributed by atoms with Crippen molar-refractivity contribution in [1.29, 1.82) is 5.41 Å². The molecule has 9 heteroatoms. The number of carbonyl (C=O) groups excluding carboxylic acids is 1. The number of hydrogen-bond donors (Lipinski definition) is 2. The molecular weight excluding hydrogens is 504 g/mol. The molecule has 2 saturated heterocycles. The number of likely N-dealkylation sites (tertiary alicyclic amines) is 1. The quantitative estimate of drug-likeness (QED) is 0.324. The maximum atomic E-state index is 12.9. The number of halogens is 1. The minimum atomic E-state index is 0.137. The molecule has 2 aliphatic heterocycles. The lowest BCUT2D eigenvalue weighted by Crippen LogP contribution is -2.47. The average Bonchev–Trinajstić information content (AvgIpc) is 3.17. The van der Waals surface area contributed by atoms with E-state index in [2.05, 4.69) is 57.5 Å². The van der Waals surface area contributed by atoms with Crippen molar-refractivity contribution in [3.05, 3.63) is 69.9 Å². The van der Waals surface area contributed by atoms with Gasteiger partial charge in [0.05, 0.1) is 11.6 Å². The third-order valence-electron chi connectivity index (χ3n) is 7.43. The van der Waals surface area contributed by atoms with Gasteiger partial charge in [0, 0.05) is 55.1 Å². The number of nitrogens with zero attached hydrogens (tertiary/aromatic N) is 4. The number of amides is 1. The van der Waals surface area contributed by atoms with Crippen molar-refractivity contribution < 1.29 is 4.79 Å². The number of hydrogen-bond acceptors (Lipinski definition) is 5. The first-order valence-corrected chi connectivity index (χ1v) is 14.1. The van der Waals surface area contributed by atoms with Crippen molar-refractivity contribution in [3.63, 3.8) is 0 Å². The van der Waals surface area contributed by atoms with Gasteiger partial charge < -0.3 is 19.7 Å². The van der Waals surface area contributed by atoms with Gasteiger partial charge in [-0.2, -0.15) is 0 Å². The largest absolute Gasteiger partial charge is 0.356 e. The second-order valence-corrected chi connectivity index (χ2v) is 11.8. The first-order chi connectivity index (χ1) is 17.9. The highest BCUT2D eigenvalue weighted by Gasteiger charge is 2.26. The van der Waals surface area contributed by atoms with Gasteiger partial charge in [-0.05, 0) is 74.7 Å². The zero-order valence-electron chi connectivity index (χ0n) is 21.5. The number of carbonyl (C=O) groups is 1. The summed E-state index contributed by atoms with van der Waals surface area (Å²) in [5.41, 5.74) is 4.30. The number of piperidine rings is 1. The predicted molar refractivity (Wildman–Crippen MR) is 152 cm³/mol. The second kappa shape index (κ2) is 11.5. The van der Waals surface area contributed by atoms with Crippen LogP contribution in [0.25, 0.3) is 6.08 Å². The van der Waals surface area contributed by atoms with E-state index in [0.717, 1.165) is 65.8 Å². The molecule has 37 heavy (non-hydrogen) atoms. The summed E-state index contributed by atoms with van der Waals surface area (Å²) in [5.74, 6) is 0.735. The van der Waals surface area contributed by atoms with Crippen LogP contribution in [0.15, 0.2) is 52.5 Å². The number of aromatic amines is 1. The van der Waals surface area contributed by atoms with Crippen LogP contribution >= 0.6 is 23.5 Å². The van der Waals surface area contributed by atoms with E-state index in [1.54, 1.807) is 11.9 Å². The number of benzene rings is 1. The fraction of sp³-hybridized carbons (Fsp3) is 0.429. The number of rotatable bonds is 6. The Hall–Kier alpha value is -2.52. The van der Waals surface area contributed by atoms with E-state index in [-0.39, 0.29) is 5.91 Å². The Morgan fingerprint density at radius 2 is 1.92 bits per heavy atom. The Balaban J connectivity index is 1.12. The van der Waals surface area contributed by atoms with Gasteiger partial charge in [0.15, 0.2) is 0 Å². The summed E-state index contributed by atoms with van der Waals surface area (Å²) in [5, 5.41) is 10.4. The van der Waals surface area contributed by atoms with Gasteiger partial charge >= 0.3 is 0 Å². The molecular formula is C28H35ClN6OS. The van der Waals surface area contributed by atoms with Crippen molar-refractivity contribution in [2.24, 2.45) is 0 Å². The van der Waals surface area contributed by atoms with Crippen molar-refractivity contribution in [3.8, 4) is 0 Å². The summed E-state index contributed by atoms with van der Waals surface area (Å²) in [6, 6.07) is 10.9. The minimum absolute atomic E-state index is 0.137. The van der Waals surface area contributed by atoms with Crippen LogP contribution in [0.5, 0.6) is 0 Å². The van der Waals surface area contributed by atoms with E-state index < -0.39 is 0 Å². The molecule has 1 aromatic heterocycles. The number of nitrogens with one attached hydrogen (secondary N) is 2. The first-order valence-electron chi connectivity index (χ1n) is 12.9. The Morgan fingerprint density at radius 1 is 1.16 bits per heavy atom. The maximum absolute atomic E-state index is 12.9. The maximum Gasteiger partial charge on any atom is 0.238 e. The molecule has 1 amide bonds. The molecule has 0 bridgehead atoms. The molecule has 0 saturated carbocycles. The fourth-order valence-electron chi connectivity index (χ4n) is 5.16. The SMILES string of the molecule is CN(C)C1CCN(C(=N)c2ccc(CN3CCN(Sc4cc5c([nH]4)C=C(Cl)C=CC5)CC3=O)cc2)CC1. The van der Waals surface area contributed by atoms with Gasteiger partial charge in [-0.25, -0.2) is 4.31 Å². The van der Waals surface area contributed by atoms with Crippen molar-refractivity contribution in [1.82, 2.24) is 24.0 Å². The molecule has 0 atom stereocenters. The van der Waals surface area contributed by atoms with Crippen molar-refractivity contribution >= 4 is 41.4 Å². The number of aromatic nitrogens is 1. The number of amidine groups is 1. The molecule has 2 N–H and O–H groups in total. The zero-order valence-corrected chi connectivity index (χ0v) is 23.1. The monoisotopic (exact) mass is 538 g/mol. The van der Waals surface area contributed by atoms with E-state index in [1.165, 1.54) is 5.56 Å². The van der Waals surface area contributed by atoms with Crippen molar-refractivity contribution in [2.75, 3.05) is 46.8 Å². The Kier molecular flexibility index (Phi) is 8.09. The highest BCUT2D eigenvalue weighted by molar-refractivity contribution is 7.97. The van der Waals surface area contributed by atoms with Crippen LogP contribution in [0.2, 0.25) is 0 Å². The van der Waals surface area contributed by atoms with Gasteiger partial charge in [0.2, 0.25) is 5.91 Å². The standard InChI is InChI=1S/C28H35ClN6OS/c1-32(2)24-10-12-33(13-11-24)28(30)21-8-6-20(7-9-21)18-34-14-15-35(19-27(34)36)37-26-16-22-4-3-5-23(29)17-25(22)31-26/h3,5-9,16-17,24,30-31H,4,10-15,18-19H2,1-2H3. The van der Waals surface area contributed by atoms with Gasteiger partial charge in [-0.15, -0.1) is 0 Å². The van der Waals surface area contributed by atoms with Gasteiger partial charge in [0.25, 0.3) is 0 Å². The zero-order chi connectivity index (χ0) is 25.9. The lowest BCUT2D eigenvalue weighted by molar-refractivity contribution is -0.134. The normalized spacial score (nSPS) is 19.2. The third kappa shape index (κ3) is 6.32. The molecule has 3 aliphatic rings. The topological polar surface area (TPSA) is 69.7 Å². The van der Waals surface area contributed by atoms with Crippen LogP contribution in [0.3, 0.4) is 0 Å². The van der Waals surface area contributed by atoms with E-state index in [0.29, 0.717) is 31.5 Å². The third-order valence-corrected chi connectivity index (χ3v) is 8.65. The van der Waals surface area contributed by atoms with Crippen LogP contribution in [0.4, 0.5) is 0 Å². The van der Waals surface area contributed by atoms with Gasteiger partial charge in [-0.1, -0.05) is 41.9 Å². The highest BCUT2D eigenvalue weighted by Crippen LogP contribution is 2.29. The lowest BCUT2D eigenvalue weighted by Gasteiger charge is -2.36. The Labute approximate surface area is 228 Å². The highest BCUT2D eigenvalue weighted by atomic mass is 35.5. The fourth-order valence-corrected chi connectivity index (χ4v) is 6.34. The molecule has 0 unspecified atom stereocenters. The molecule has 2 fully saturated rings. The Morgan fingerprint density at radius 3 is 2.62 bits per heavy atom. The van der Waals surface area contributed by atoms with Crippen LogP contribution in [-0.4, -0.2) is 88.6 Å². The first kappa shape index (κ1) is 26.1. The summed E-state index contributed by atoms with van der Waals surface area (Å²) < 4.78 is 2.12.